The maximum atomic E-state index is 5.74. The Morgan fingerprint density at radius 3 is 2.94 bits per heavy atom. The van der Waals surface area contributed by atoms with Gasteiger partial charge in [-0.1, -0.05) is 38.2 Å². The van der Waals surface area contributed by atoms with E-state index >= 15 is 0 Å². The molecule has 0 aliphatic heterocycles. The Hall–Kier alpha value is -1.24. The number of fused-ring (bicyclic) bond motifs is 3. The lowest BCUT2D eigenvalue weighted by Crippen LogP contribution is -2.46. The van der Waals surface area contributed by atoms with E-state index in [0.717, 1.165) is 12.2 Å². The molecule has 1 nitrogen and oxygen atoms in total. The van der Waals surface area contributed by atoms with Gasteiger partial charge < -0.3 is 4.42 Å². The fourth-order valence-corrected chi connectivity index (χ4v) is 3.24. The van der Waals surface area contributed by atoms with Crippen molar-refractivity contribution in [2.75, 3.05) is 0 Å². The van der Waals surface area contributed by atoms with Gasteiger partial charge in [0.15, 0.2) is 0 Å². The summed E-state index contributed by atoms with van der Waals surface area (Å²) in [6, 6.07) is 2.06. The van der Waals surface area contributed by atoms with Crippen LogP contribution in [0.5, 0.6) is 0 Å². The van der Waals surface area contributed by atoms with E-state index in [1.165, 1.54) is 5.56 Å². The van der Waals surface area contributed by atoms with E-state index in [9.17, 15) is 0 Å². The first kappa shape index (κ1) is 9.95. The number of rotatable bonds is 0. The third-order valence-corrected chi connectivity index (χ3v) is 4.86. The van der Waals surface area contributed by atoms with Crippen LogP contribution in [0.2, 0.25) is 0 Å². The summed E-state index contributed by atoms with van der Waals surface area (Å²) >= 11 is 0. The first-order chi connectivity index (χ1) is 7.58. The molecule has 1 heteroatoms. The second-order valence-electron chi connectivity index (χ2n) is 5.56. The summed E-state index contributed by atoms with van der Waals surface area (Å²) in [7, 11) is 0. The summed E-state index contributed by atoms with van der Waals surface area (Å²) < 4.78 is 5.74. The highest BCUT2D eigenvalue weighted by Gasteiger charge is 2.51. The van der Waals surface area contributed by atoms with Gasteiger partial charge in [-0.15, -0.1) is 0 Å². The molecule has 0 saturated carbocycles. The van der Waals surface area contributed by atoms with E-state index in [1.807, 2.05) is 0 Å². The van der Waals surface area contributed by atoms with Gasteiger partial charge in [0.25, 0.3) is 0 Å². The Balaban J connectivity index is 2.28. The lowest BCUT2D eigenvalue weighted by molar-refractivity contribution is 0.140. The molecule has 84 valence electrons. The zero-order chi connectivity index (χ0) is 11.4. The van der Waals surface area contributed by atoms with Crippen molar-refractivity contribution in [1.82, 2.24) is 0 Å². The van der Waals surface area contributed by atoms with Gasteiger partial charge in [0.2, 0.25) is 0 Å². The minimum absolute atomic E-state index is 0.0122. The van der Waals surface area contributed by atoms with E-state index in [2.05, 4.69) is 51.1 Å². The highest BCUT2D eigenvalue weighted by molar-refractivity contribution is 5.60. The second kappa shape index (κ2) is 2.91. The molecule has 3 rings (SSSR count). The average molecular weight is 214 g/mol. The normalized spacial score (nSPS) is 40.6. The first-order valence-electron chi connectivity index (χ1n) is 6.03. The van der Waals surface area contributed by atoms with Gasteiger partial charge in [-0.25, -0.2) is 0 Å². The van der Waals surface area contributed by atoms with Crippen LogP contribution in [-0.4, -0.2) is 0 Å². The van der Waals surface area contributed by atoms with Crippen LogP contribution in [-0.2, 0) is 5.41 Å². The summed E-state index contributed by atoms with van der Waals surface area (Å²) in [6.45, 7) is 6.98. The van der Waals surface area contributed by atoms with Crippen LogP contribution in [0.1, 0.15) is 38.5 Å². The second-order valence-corrected chi connectivity index (χ2v) is 5.56. The van der Waals surface area contributed by atoms with Crippen LogP contribution < -0.4 is 0 Å². The van der Waals surface area contributed by atoms with Gasteiger partial charge in [-0.05, 0) is 25.3 Å². The van der Waals surface area contributed by atoms with E-state index in [0.29, 0.717) is 5.92 Å². The van der Waals surface area contributed by atoms with Crippen molar-refractivity contribution in [3.05, 3.63) is 41.9 Å². The number of hydrogen-bond acceptors (Lipinski definition) is 1. The van der Waals surface area contributed by atoms with Crippen LogP contribution in [0.4, 0.5) is 0 Å². The van der Waals surface area contributed by atoms with Gasteiger partial charge >= 0.3 is 0 Å². The van der Waals surface area contributed by atoms with Gasteiger partial charge in [-0.2, -0.15) is 0 Å². The van der Waals surface area contributed by atoms with E-state index in [1.54, 1.807) is 6.26 Å². The third kappa shape index (κ3) is 0.965. The molecule has 1 heterocycles. The van der Waals surface area contributed by atoms with Crippen molar-refractivity contribution in [2.45, 2.75) is 32.6 Å². The monoisotopic (exact) mass is 214 g/mol. The minimum Gasteiger partial charge on any atom is -0.468 e. The molecule has 0 aromatic carbocycles. The lowest BCUT2D eigenvalue weighted by Gasteiger charge is -2.50. The van der Waals surface area contributed by atoms with Crippen molar-refractivity contribution in [1.29, 1.82) is 0 Å². The predicted molar refractivity (Wildman–Crippen MR) is 66.1 cm³/mol. The molecule has 3 atom stereocenters. The summed E-state index contributed by atoms with van der Waals surface area (Å²) in [5.41, 5.74) is 1.42. The van der Waals surface area contributed by atoms with Gasteiger partial charge in [0.1, 0.15) is 5.76 Å². The highest BCUT2D eigenvalue weighted by Crippen LogP contribution is 2.56. The summed E-state index contributed by atoms with van der Waals surface area (Å²) in [4.78, 5) is 0. The molecule has 1 aromatic heterocycles. The van der Waals surface area contributed by atoms with E-state index in [-0.39, 0.29) is 10.8 Å². The Labute approximate surface area is 96.8 Å². The maximum Gasteiger partial charge on any atom is 0.121 e. The Morgan fingerprint density at radius 2 is 2.12 bits per heavy atom. The third-order valence-electron chi connectivity index (χ3n) is 4.86. The van der Waals surface area contributed by atoms with Crippen molar-refractivity contribution >= 4 is 6.08 Å². The number of furan rings is 1. The molecule has 0 radical (unpaired) electrons. The van der Waals surface area contributed by atoms with Crippen LogP contribution in [0.3, 0.4) is 0 Å². The Kier molecular flexibility index (Phi) is 1.81. The SMILES string of the molecule is CC1CC=CC2(C)c3occc3C=CC12C. The Morgan fingerprint density at radius 1 is 1.31 bits per heavy atom. The molecule has 2 aliphatic rings. The van der Waals surface area contributed by atoms with Crippen molar-refractivity contribution in [3.8, 4) is 0 Å². The number of allylic oxidation sites excluding steroid dienone is 3. The molecule has 0 amide bonds. The van der Waals surface area contributed by atoms with Gasteiger partial charge in [-0.3, -0.25) is 0 Å². The fraction of sp³-hybridized carbons (Fsp3) is 0.467. The molecule has 0 fully saturated rings. The van der Waals surface area contributed by atoms with Gasteiger partial charge in [0, 0.05) is 11.0 Å². The molecule has 0 N–H and O–H groups in total. The topological polar surface area (TPSA) is 13.1 Å². The summed E-state index contributed by atoms with van der Waals surface area (Å²) in [5, 5.41) is 0. The lowest BCUT2D eigenvalue weighted by atomic mass is 9.53. The first-order valence-corrected chi connectivity index (χ1v) is 6.03. The predicted octanol–water partition coefficient (Wildman–Crippen LogP) is 4.17. The van der Waals surface area contributed by atoms with Crippen LogP contribution >= 0.6 is 0 Å². The molecule has 16 heavy (non-hydrogen) atoms. The summed E-state index contributed by atoms with van der Waals surface area (Å²) in [5.74, 6) is 1.78. The standard InChI is InChI=1S/C15H18O/c1-11-5-4-8-15(3)13-12(7-10-16-13)6-9-14(11,15)2/h4,6-11H,5H2,1-3H3. The van der Waals surface area contributed by atoms with Crippen molar-refractivity contribution in [3.63, 3.8) is 0 Å². The van der Waals surface area contributed by atoms with Crippen molar-refractivity contribution < 1.29 is 4.42 Å². The summed E-state index contributed by atoms with van der Waals surface area (Å²) in [6.07, 6.45) is 12.2. The molecule has 2 aliphatic carbocycles. The molecule has 0 bridgehead atoms. The Bertz CT molecular complexity index is 479. The van der Waals surface area contributed by atoms with Crippen LogP contribution in [0.15, 0.2) is 35.0 Å². The van der Waals surface area contributed by atoms with E-state index < -0.39 is 0 Å². The zero-order valence-electron chi connectivity index (χ0n) is 10.2. The van der Waals surface area contributed by atoms with Crippen LogP contribution in [0.25, 0.3) is 6.08 Å². The zero-order valence-corrected chi connectivity index (χ0v) is 10.2. The van der Waals surface area contributed by atoms with Crippen molar-refractivity contribution in [2.24, 2.45) is 11.3 Å². The quantitative estimate of drug-likeness (QED) is 0.591. The molecular formula is C15H18O. The van der Waals surface area contributed by atoms with E-state index in [4.69, 9.17) is 4.42 Å². The van der Waals surface area contributed by atoms with Crippen LogP contribution in [0, 0.1) is 11.3 Å². The molecule has 0 saturated heterocycles. The highest BCUT2D eigenvalue weighted by atomic mass is 16.3. The minimum atomic E-state index is 0.0122. The fourth-order valence-electron chi connectivity index (χ4n) is 3.24. The average Bonchev–Trinajstić information content (AvgIpc) is 2.71. The smallest absolute Gasteiger partial charge is 0.121 e. The molecule has 3 unspecified atom stereocenters. The molecular weight excluding hydrogens is 196 g/mol. The largest absolute Gasteiger partial charge is 0.468 e. The van der Waals surface area contributed by atoms with Gasteiger partial charge in [0.05, 0.1) is 11.7 Å². The number of hydrogen-bond donors (Lipinski definition) is 0. The maximum absolute atomic E-state index is 5.74. The molecule has 0 spiro atoms. The molecule has 1 aromatic rings.